The molecular formula is C15H24N2O2. The molecule has 3 rings (SSSR count). The molecule has 1 saturated heterocycles. The highest BCUT2D eigenvalue weighted by Crippen LogP contribution is 2.33. The summed E-state index contributed by atoms with van der Waals surface area (Å²) in [7, 11) is 0. The molecule has 3 aliphatic rings. The van der Waals surface area contributed by atoms with Gasteiger partial charge in [-0.25, -0.2) is 0 Å². The Labute approximate surface area is 114 Å². The number of imide groups is 1. The quantitative estimate of drug-likeness (QED) is 0.788. The number of amides is 2. The smallest absolute Gasteiger partial charge is 0.247 e. The molecule has 0 aromatic heterocycles. The summed E-state index contributed by atoms with van der Waals surface area (Å²) in [6.07, 6.45) is 8.44. The van der Waals surface area contributed by atoms with E-state index in [-0.39, 0.29) is 23.9 Å². The van der Waals surface area contributed by atoms with Crippen molar-refractivity contribution in [2.24, 2.45) is 5.92 Å². The molecule has 106 valence electrons. The van der Waals surface area contributed by atoms with Gasteiger partial charge in [-0.1, -0.05) is 19.3 Å². The number of nitrogens with zero attached hydrogens (tertiary/aromatic N) is 1. The molecule has 4 nitrogen and oxygen atoms in total. The lowest BCUT2D eigenvalue weighted by Crippen LogP contribution is -2.47. The zero-order valence-corrected chi connectivity index (χ0v) is 11.7. The number of hydrogen-bond donors (Lipinski definition) is 1. The molecule has 4 heteroatoms. The molecule has 2 aliphatic carbocycles. The first kappa shape index (κ1) is 13.1. The fourth-order valence-electron chi connectivity index (χ4n) is 3.55. The minimum absolute atomic E-state index is 0.0319. The maximum absolute atomic E-state index is 12.4. The third-order valence-electron chi connectivity index (χ3n) is 4.92. The van der Waals surface area contributed by atoms with Crippen LogP contribution in [-0.4, -0.2) is 34.8 Å². The van der Waals surface area contributed by atoms with Gasteiger partial charge in [0.1, 0.15) is 0 Å². The molecule has 2 unspecified atom stereocenters. The van der Waals surface area contributed by atoms with E-state index < -0.39 is 0 Å². The number of carbonyl (C=O) groups excluding carboxylic acids is 2. The van der Waals surface area contributed by atoms with E-state index in [1.807, 2.05) is 0 Å². The van der Waals surface area contributed by atoms with Gasteiger partial charge in [0.15, 0.2) is 0 Å². The summed E-state index contributed by atoms with van der Waals surface area (Å²) in [5, 5.41) is 3.38. The average Bonchev–Trinajstić information content (AvgIpc) is 3.20. The fraction of sp³-hybridized carbons (Fsp3) is 0.867. The van der Waals surface area contributed by atoms with Crippen LogP contribution >= 0.6 is 0 Å². The van der Waals surface area contributed by atoms with Crippen molar-refractivity contribution in [2.75, 3.05) is 0 Å². The van der Waals surface area contributed by atoms with Crippen LogP contribution in [0, 0.1) is 5.92 Å². The Morgan fingerprint density at radius 1 is 1.11 bits per heavy atom. The minimum atomic E-state index is -0.259. The third-order valence-corrected chi connectivity index (χ3v) is 4.92. The zero-order chi connectivity index (χ0) is 13.4. The van der Waals surface area contributed by atoms with Crippen LogP contribution in [0.25, 0.3) is 0 Å². The number of hydrogen-bond acceptors (Lipinski definition) is 3. The third kappa shape index (κ3) is 2.69. The van der Waals surface area contributed by atoms with E-state index in [0.29, 0.717) is 18.4 Å². The first-order chi connectivity index (χ1) is 9.16. The highest BCUT2D eigenvalue weighted by molar-refractivity contribution is 6.05. The van der Waals surface area contributed by atoms with E-state index in [1.165, 1.54) is 19.3 Å². The summed E-state index contributed by atoms with van der Waals surface area (Å²) in [4.78, 5) is 26.1. The van der Waals surface area contributed by atoms with Gasteiger partial charge in [-0.2, -0.15) is 0 Å². The molecule has 0 bridgehead atoms. The molecule has 1 N–H and O–H groups in total. The standard InChI is InChI=1S/C15H24N2O2/c1-10(11-7-8-11)16-13-9-14(18)17(15(13)19)12-5-3-2-4-6-12/h10-13,16H,2-9H2,1H3. The molecule has 19 heavy (non-hydrogen) atoms. The molecule has 0 aromatic carbocycles. The zero-order valence-electron chi connectivity index (χ0n) is 11.7. The Hall–Kier alpha value is -0.900. The second-order valence-corrected chi connectivity index (χ2v) is 6.44. The van der Waals surface area contributed by atoms with Crippen molar-refractivity contribution in [2.45, 2.75) is 76.4 Å². The van der Waals surface area contributed by atoms with Crippen molar-refractivity contribution in [1.82, 2.24) is 10.2 Å². The van der Waals surface area contributed by atoms with Crippen LogP contribution in [0.15, 0.2) is 0 Å². The Morgan fingerprint density at radius 3 is 2.42 bits per heavy atom. The predicted octanol–water partition coefficient (Wildman–Crippen LogP) is 1.83. The lowest BCUT2D eigenvalue weighted by Gasteiger charge is -2.30. The highest BCUT2D eigenvalue weighted by atomic mass is 16.2. The van der Waals surface area contributed by atoms with E-state index in [2.05, 4.69) is 12.2 Å². The van der Waals surface area contributed by atoms with Crippen molar-refractivity contribution >= 4 is 11.8 Å². The lowest BCUT2D eigenvalue weighted by atomic mass is 9.94. The second kappa shape index (κ2) is 5.23. The van der Waals surface area contributed by atoms with E-state index in [0.717, 1.165) is 25.7 Å². The average molecular weight is 264 g/mol. The number of rotatable bonds is 4. The SMILES string of the molecule is CC(NC1CC(=O)N(C2CCCCC2)C1=O)C1CC1. The number of likely N-dealkylation sites (tertiary alicyclic amines) is 1. The summed E-state index contributed by atoms with van der Waals surface area (Å²) in [6, 6.07) is 0.287. The van der Waals surface area contributed by atoms with Crippen LogP contribution in [0.4, 0.5) is 0 Å². The van der Waals surface area contributed by atoms with E-state index in [4.69, 9.17) is 0 Å². The Bertz CT molecular complexity index is 372. The van der Waals surface area contributed by atoms with Crippen molar-refractivity contribution < 1.29 is 9.59 Å². The number of carbonyl (C=O) groups is 2. The van der Waals surface area contributed by atoms with E-state index in [1.54, 1.807) is 4.90 Å². The van der Waals surface area contributed by atoms with Crippen molar-refractivity contribution in [3.8, 4) is 0 Å². The maximum Gasteiger partial charge on any atom is 0.247 e. The van der Waals surface area contributed by atoms with E-state index >= 15 is 0 Å². The summed E-state index contributed by atoms with van der Waals surface area (Å²) in [6.45, 7) is 2.14. The van der Waals surface area contributed by atoms with Gasteiger partial charge in [0.05, 0.1) is 12.5 Å². The van der Waals surface area contributed by atoms with Gasteiger partial charge in [-0.3, -0.25) is 14.5 Å². The Balaban J connectivity index is 1.62. The van der Waals surface area contributed by atoms with Gasteiger partial charge in [0.2, 0.25) is 11.8 Å². The summed E-state index contributed by atoms with van der Waals surface area (Å²) in [5.74, 6) is 0.786. The van der Waals surface area contributed by atoms with Crippen molar-refractivity contribution in [3.05, 3.63) is 0 Å². The van der Waals surface area contributed by atoms with Crippen molar-refractivity contribution in [1.29, 1.82) is 0 Å². The van der Waals surface area contributed by atoms with Crippen LogP contribution in [0.5, 0.6) is 0 Å². The lowest BCUT2D eigenvalue weighted by molar-refractivity contribution is -0.142. The topological polar surface area (TPSA) is 49.4 Å². The normalized spacial score (nSPS) is 31.0. The Morgan fingerprint density at radius 2 is 1.79 bits per heavy atom. The first-order valence-corrected chi connectivity index (χ1v) is 7.79. The summed E-state index contributed by atoms with van der Waals surface area (Å²) >= 11 is 0. The summed E-state index contributed by atoms with van der Waals surface area (Å²) in [5.41, 5.74) is 0. The minimum Gasteiger partial charge on any atom is -0.303 e. The molecular weight excluding hydrogens is 240 g/mol. The molecule has 0 radical (unpaired) electrons. The summed E-state index contributed by atoms with van der Waals surface area (Å²) < 4.78 is 0. The monoisotopic (exact) mass is 264 g/mol. The van der Waals surface area contributed by atoms with Crippen LogP contribution in [-0.2, 0) is 9.59 Å². The predicted molar refractivity (Wildman–Crippen MR) is 72.5 cm³/mol. The van der Waals surface area contributed by atoms with Gasteiger partial charge in [-0.15, -0.1) is 0 Å². The van der Waals surface area contributed by atoms with Crippen LogP contribution < -0.4 is 5.32 Å². The molecule has 1 aliphatic heterocycles. The van der Waals surface area contributed by atoms with Crippen LogP contribution in [0.2, 0.25) is 0 Å². The molecule has 2 saturated carbocycles. The first-order valence-electron chi connectivity index (χ1n) is 7.79. The second-order valence-electron chi connectivity index (χ2n) is 6.44. The Kier molecular flexibility index (Phi) is 3.61. The highest BCUT2D eigenvalue weighted by Gasteiger charge is 2.43. The largest absolute Gasteiger partial charge is 0.303 e. The van der Waals surface area contributed by atoms with Crippen molar-refractivity contribution in [3.63, 3.8) is 0 Å². The van der Waals surface area contributed by atoms with Gasteiger partial charge >= 0.3 is 0 Å². The molecule has 0 aromatic rings. The maximum atomic E-state index is 12.4. The molecule has 1 heterocycles. The molecule has 2 atom stereocenters. The molecule has 0 spiro atoms. The molecule has 3 fully saturated rings. The number of nitrogens with one attached hydrogen (secondary N) is 1. The van der Waals surface area contributed by atoms with Gasteiger partial charge < -0.3 is 5.32 Å². The fourth-order valence-corrected chi connectivity index (χ4v) is 3.55. The molecule has 2 amide bonds. The van der Waals surface area contributed by atoms with Crippen LogP contribution in [0.3, 0.4) is 0 Å². The van der Waals surface area contributed by atoms with Crippen LogP contribution in [0.1, 0.15) is 58.3 Å². The van der Waals surface area contributed by atoms with Gasteiger partial charge in [0, 0.05) is 12.1 Å². The van der Waals surface area contributed by atoms with Gasteiger partial charge in [0.25, 0.3) is 0 Å². The van der Waals surface area contributed by atoms with E-state index in [9.17, 15) is 9.59 Å². The van der Waals surface area contributed by atoms with Gasteiger partial charge in [-0.05, 0) is 38.5 Å².